The summed E-state index contributed by atoms with van der Waals surface area (Å²) in [5.41, 5.74) is 0. The normalized spacial score (nSPS) is 10.0. The second-order valence-corrected chi connectivity index (χ2v) is 3.45. The van der Waals surface area contributed by atoms with Crippen LogP contribution in [0.25, 0.3) is 0 Å². The summed E-state index contributed by atoms with van der Waals surface area (Å²) in [6.45, 7) is 5.53. The Hall–Kier alpha value is 0.518. The van der Waals surface area contributed by atoms with Crippen LogP contribution in [0.1, 0.15) is 20.3 Å². The zero-order chi connectivity index (χ0) is 6.57. The van der Waals surface area contributed by atoms with Crippen molar-refractivity contribution in [3.8, 4) is 0 Å². The van der Waals surface area contributed by atoms with Crippen LogP contribution in [0.2, 0.25) is 0 Å². The van der Waals surface area contributed by atoms with Crippen LogP contribution in [0.3, 0.4) is 0 Å². The summed E-state index contributed by atoms with van der Waals surface area (Å²) in [6, 6.07) is 0. The van der Waals surface area contributed by atoms with Gasteiger partial charge in [0.1, 0.15) is 0 Å². The Morgan fingerprint density at radius 2 is 2.00 bits per heavy atom. The van der Waals surface area contributed by atoms with Gasteiger partial charge in [0.15, 0.2) is 0 Å². The molecule has 0 unspecified atom stereocenters. The average Bonchev–Trinajstić information content (AvgIpc) is 1.84. The third-order valence-corrected chi connectivity index (χ3v) is 3.36. The first-order chi connectivity index (χ1) is 3.72. The van der Waals surface area contributed by atoms with Gasteiger partial charge in [-0.15, -0.1) is 0 Å². The van der Waals surface area contributed by atoms with Crippen molar-refractivity contribution < 1.29 is 19.4 Å². The molecule has 8 heavy (non-hydrogen) atoms. The molecule has 0 aliphatic carbocycles. The zero-order valence-electron chi connectivity index (χ0n) is 5.77. The van der Waals surface area contributed by atoms with Gasteiger partial charge < -0.3 is 0 Å². The van der Waals surface area contributed by atoms with Crippen molar-refractivity contribution in [1.29, 1.82) is 0 Å². The summed E-state index contributed by atoms with van der Waals surface area (Å²) in [4.78, 5) is 2.30. The van der Waals surface area contributed by atoms with E-state index in [0.717, 1.165) is 6.54 Å². The fraction of sp³-hybridized carbons (Fsp3) is 0.833. The topological polar surface area (TPSA) is 3.24 Å². The van der Waals surface area contributed by atoms with Crippen LogP contribution >= 0.6 is 0 Å². The van der Waals surface area contributed by atoms with E-state index >= 15 is 0 Å². The van der Waals surface area contributed by atoms with Gasteiger partial charge in [0.2, 0.25) is 0 Å². The van der Waals surface area contributed by atoms with E-state index < -0.39 is 0 Å². The molecule has 1 nitrogen and oxygen atoms in total. The number of rotatable bonds is 3. The molecular formula is C6H13NW. The first-order valence-electron chi connectivity index (χ1n) is 2.96. The number of hydrogen-bond donors (Lipinski definition) is 0. The summed E-state index contributed by atoms with van der Waals surface area (Å²) in [5.74, 6) is 0. The summed E-state index contributed by atoms with van der Waals surface area (Å²) in [7, 11) is 2.14. The van der Waals surface area contributed by atoms with Gasteiger partial charge in [0, 0.05) is 0 Å². The molecule has 0 bridgehead atoms. The van der Waals surface area contributed by atoms with Gasteiger partial charge in [-0.3, -0.25) is 0 Å². The molecule has 48 valence electrons. The molecule has 2 heteroatoms. The van der Waals surface area contributed by atoms with Crippen LogP contribution < -0.4 is 0 Å². The van der Waals surface area contributed by atoms with Gasteiger partial charge in [-0.1, -0.05) is 0 Å². The molecule has 0 aromatic carbocycles. The summed E-state index contributed by atoms with van der Waals surface area (Å²) in [5, 5.41) is 0. The van der Waals surface area contributed by atoms with Gasteiger partial charge in [-0.05, 0) is 0 Å². The van der Waals surface area contributed by atoms with Gasteiger partial charge in [0.25, 0.3) is 0 Å². The van der Waals surface area contributed by atoms with Crippen molar-refractivity contribution in [2.75, 3.05) is 13.6 Å². The monoisotopic (exact) mass is 283 g/mol. The molecule has 0 fully saturated rings. The molecule has 0 N–H and O–H groups in total. The van der Waals surface area contributed by atoms with E-state index in [0.29, 0.717) is 0 Å². The van der Waals surface area contributed by atoms with Crippen LogP contribution in [-0.2, 0) is 19.4 Å². The standard InChI is InChI=1S/C6H13N.W/c1-4-6-7(3)5-2;/h4-5H2,1-3H3;. The van der Waals surface area contributed by atoms with Gasteiger partial charge in [-0.2, -0.15) is 0 Å². The van der Waals surface area contributed by atoms with Crippen LogP contribution in [0.4, 0.5) is 0 Å². The molecule has 0 saturated heterocycles. The Labute approximate surface area is 62.5 Å². The first-order valence-corrected chi connectivity index (χ1v) is 4.43. The maximum atomic E-state index is 2.30. The average molecular weight is 283 g/mol. The molecule has 0 amide bonds. The van der Waals surface area contributed by atoms with Crippen molar-refractivity contribution in [2.24, 2.45) is 0 Å². The number of nitrogens with zero attached hydrogens (tertiary/aromatic N) is 1. The molecule has 0 saturated carbocycles. The van der Waals surface area contributed by atoms with Crippen LogP contribution in [0, 0.1) is 0 Å². The van der Waals surface area contributed by atoms with Crippen LogP contribution in [0.5, 0.6) is 0 Å². The van der Waals surface area contributed by atoms with Gasteiger partial charge >= 0.3 is 62.1 Å². The molecule has 0 aliphatic heterocycles. The predicted octanol–water partition coefficient (Wildman–Crippen LogP) is 1.02. The summed E-state index contributed by atoms with van der Waals surface area (Å²) < 4.78 is 1.55. The van der Waals surface area contributed by atoms with Crippen LogP contribution in [-0.4, -0.2) is 22.5 Å². The van der Waals surface area contributed by atoms with E-state index in [1.165, 1.54) is 6.42 Å². The Kier molecular flexibility index (Phi) is 4.69. The Bertz CT molecular complexity index is 80.6. The Morgan fingerprint density at radius 3 is 2.12 bits per heavy atom. The molecule has 0 heterocycles. The van der Waals surface area contributed by atoms with Gasteiger partial charge in [0.05, 0.1) is 0 Å². The summed E-state index contributed by atoms with van der Waals surface area (Å²) >= 11 is 1.60. The molecule has 0 aliphatic rings. The molecule has 0 spiro atoms. The van der Waals surface area contributed by atoms with Crippen molar-refractivity contribution >= 4 is 4.02 Å². The van der Waals surface area contributed by atoms with Crippen LogP contribution in [0.15, 0.2) is 0 Å². The second kappa shape index (κ2) is 4.40. The zero-order valence-corrected chi connectivity index (χ0v) is 8.70. The third-order valence-electron chi connectivity index (χ3n) is 1.20. The minimum atomic E-state index is 1.15. The fourth-order valence-corrected chi connectivity index (χ4v) is 0.910. The SMILES string of the molecule is CC[C](=[W])N(C)CC. The van der Waals surface area contributed by atoms with Crippen molar-refractivity contribution in [3.05, 3.63) is 0 Å². The molecule has 0 rings (SSSR count). The molecule has 0 aromatic heterocycles. The predicted molar refractivity (Wildman–Crippen MR) is 33.6 cm³/mol. The molecular weight excluding hydrogens is 270 g/mol. The van der Waals surface area contributed by atoms with Crippen molar-refractivity contribution in [3.63, 3.8) is 0 Å². The van der Waals surface area contributed by atoms with E-state index in [2.05, 4.69) is 25.8 Å². The molecule has 0 aromatic rings. The van der Waals surface area contributed by atoms with Gasteiger partial charge in [-0.25, -0.2) is 0 Å². The number of hydrogen-bond acceptors (Lipinski definition) is 1. The van der Waals surface area contributed by atoms with E-state index in [-0.39, 0.29) is 0 Å². The van der Waals surface area contributed by atoms with E-state index in [1.54, 1.807) is 23.4 Å². The maximum absolute atomic E-state index is 2.30. The van der Waals surface area contributed by atoms with E-state index in [1.807, 2.05) is 0 Å². The first kappa shape index (κ1) is 8.52. The second-order valence-electron chi connectivity index (χ2n) is 1.76. The van der Waals surface area contributed by atoms with Crippen molar-refractivity contribution in [1.82, 2.24) is 4.90 Å². The Balaban J connectivity index is 3.46. The minimum absolute atomic E-state index is 1.15. The molecule has 0 atom stereocenters. The Morgan fingerprint density at radius 1 is 1.50 bits per heavy atom. The van der Waals surface area contributed by atoms with Crippen molar-refractivity contribution in [2.45, 2.75) is 20.3 Å². The van der Waals surface area contributed by atoms with E-state index in [4.69, 9.17) is 0 Å². The van der Waals surface area contributed by atoms with E-state index in [9.17, 15) is 0 Å². The quantitative estimate of drug-likeness (QED) is 0.747. The fourth-order valence-electron chi connectivity index (χ4n) is 0.446. The molecule has 0 radical (unpaired) electrons. The third kappa shape index (κ3) is 2.74. The summed E-state index contributed by atoms with van der Waals surface area (Å²) in [6.07, 6.45) is 1.21.